The van der Waals surface area contributed by atoms with Gasteiger partial charge in [0.05, 0.1) is 16.6 Å². The monoisotopic (exact) mass is 1100 g/mol. The van der Waals surface area contributed by atoms with Crippen LogP contribution in [0.5, 0.6) is 0 Å². The Morgan fingerprint density at radius 1 is 0.391 bits per heavy atom. The van der Waals surface area contributed by atoms with Crippen molar-refractivity contribution in [2.45, 2.75) is 180 Å². The van der Waals surface area contributed by atoms with E-state index in [1.54, 1.807) is 0 Å². The fraction of sp³-hybridized carbons (Fsp3) is 0.864. The third-order valence-corrected chi connectivity index (χ3v) is 28.0. The Bertz CT molecular complexity index is 1340. The highest BCUT2D eigenvalue weighted by Crippen LogP contribution is 2.47. The van der Waals surface area contributed by atoms with Gasteiger partial charge in [0.25, 0.3) is 0 Å². The molecular weight excluding hydrogens is 1010 g/mol. The van der Waals surface area contributed by atoms with Gasteiger partial charge in [-0.2, -0.15) is 101 Å². The molecule has 0 fully saturated rings. The Morgan fingerprint density at radius 2 is 0.672 bits per heavy atom. The predicted molar refractivity (Wildman–Crippen MR) is 303 cm³/mol. The lowest BCUT2D eigenvalue weighted by molar-refractivity contribution is 0.0572. The average Bonchev–Trinajstić information content (AvgIpc) is 3.26. The largest absolute Gasteiger partial charge is 0.508 e. The van der Waals surface area contributed by atoms with E-state index in [2.05, 4.69) is 39.0 Å². The molecule has 1 aromatic carbocycles. The molecule has 0 aliphatic heterocycles. The Hall–Kier alpha value is 2.31. The van der Waals surface area contributed by atoms with E-state index in [0.717, 1.165) is 42.4 Å². The zero-order valence-electron chi connectivity index (χ0n) is 40.9. The summed E-state index contributed by atoms with van der Waals surface area (Å²) in [7, 11) is -10.6. The Kier molecular flexibility index (Phi) is 34.0. The molecule has 0 aliphatic carbocycles. The van der Waals surface area contributed by atoms with Gasteiger partial charge in [-0.1, -0.05) is 51.8 Å². The third-order valence-electron chi connectivity index (χ3n) is 11.3. The first-order valence-electron chi connectivity index (χ1n) is 23.8. The van der Waals surface area contributed by atoms with Crippen molar-refractivity contribution in [3.8, 4) is 0 Å². The van der Waals surface area contributed by atoms with Gasteiger partial charge in [0, 0.05) is 101 Å². The van der Waals surface area contributed by atoms with Crippen molar-refractivity contribution in [1.29, 1.82) is 0 Å². The van der Waals surface area contributed by atoms with E-state index in [0.29, 0.717) is 72.3 Å². The van der Waals surface area contributed by atoms with Crippen LogP contribution in [0.1, 0.15) is 155 Å². The highest BCUT2D eigenvalue weighted by atomic mass is 32.1. The van der Waals surface area contributed by atoms with Crippen LogP contribution < -0.4 is 0 Å². The first-order chi connectivity index (χ1) is 30.4. The molecule has 0 aliphatic rings. The summed E-state index contributed by atoms with van der Waals surface area (Å²) in [6.07, 6.45) is 4.77. The second-order valence-electron chi connectivity index (χ2n) is 15.7. The molecule has 0 aromatic heterocycles. The van der Waals surface area contributed by atoms with E-state index >= 15 is 0 Å². The molecule has 1 aromatic rings. The molecular formula is C44H88O9S8Si3. The maximum atomic E-state index is 6.91. The van der Waals surface area contributed by atoms with Crippen LogP contribution in [0.25, 0.3) is 0 Å². The maximum absolute atomic E-state index is 6.91. The summed E-state index contributed by atoms with van der Waals surface area (Å²) in [5.41, 5.74) is 1.79. The minimum atomic E-state index is -3.67. The molecule has 11 unspecified atom stereocenters. The van der Waals surface area contributed by atoms with Gasteiger partial charge in [-0.05, 0) is 105 Å². The molecule has 0 radical (unpaired) electrons. The van der Waals surface area contributed by atoms with Crippen LogP contribution in [0.3, 0.4) is 0 Å². The van der Waals surface area contributed by atoms with E-state index in [1.807, 2.05) is 62.3 Å². The minimum Gasteiger partial charge on any atom is -0.373 e. The summed E-state index contributed by atoms with van der Waals surface area (Å²) in [6.45, 7) is 27.9. The first kappa shape index (κ1) is 64.3. The SMILES string of the molecule is CCCC(S)C(S)C(S)C(S)CC(c1ccc(C(C)[Si](OCC)(OCC)OCC)cc1C(CC(S)C(S)C(S)C(S)CCC)[Si](OCC)(OCC)OCC)[Si](OCC)(OCC)OCC. The van der Waals surface area contributed by atoms with Gasteiger partial charge in [-0.3, -0.25) is 0 Å². The lowest BCUT2D eigenvalue weighted by Gasteiger charge is -2.42. The predicted octanol–water partition coefficient (Wildman–Crippen LogP) is 11.5. The van der Waals surface area contributed by atoms with Crippen LogP contribution in [0.4, 0.5) is 0 Å². The molecule has 0 bridgehead atoms. The highest BCUT2D eigenvalue weighted by molar-refractivity contribution is 7.89. The average molecular weight is 1100 g/mol. The van der Waals surface area contributed by atoms with Gasteiger partial charge in [0.2, 0.25) is 0 Å². The van der Waals surface area contributed by atoms with Crippen LogP contribution in [0, 0.1) is 0 Å². The molecule has 0 saturated carbocycles. The minimum absolute atomic E-state index is 0.0241. The zero-order chi connectivity index (χ0) is 48.7. The van der Waals surface area contributed by atoms with Crippen LogP contribution in [0.2, 0.25) is 0 Å². The molecule has 0 spiro atoms. The fourth-order valence-electron chi connectivity index (χ4n) is 8.38. The summed E-state index contributed by atoms with van der Waals surface area (Å²) in [4.78, 5) is 0. The first-order valence-corrected chi connectivity index (χ1v) is 33.3. The molecule has 9 nitrogen and oxygen atoms in total. The van der Waals surface area contributed by atoms with E-state index in [-0.39, 0.29) is 47.5 Å². The normalized spacial score (nSPS) is 18.2. The van der Waals surface area contributed by atoms with Crippen molar-refractivity contribution >= 4 is 127 Å². The lowest BCUT2D eigenvalue weighted by Crippen LogP contribution is -2.55. The highest BCUT2D eigenvalue weighted by Gasteiger charge is 2.57. The zero-order valence-corrected chi connectivity index (χ0v) is 51.1. The van der Waals surface area contributed by atoms with Gasteiger partial charge < -0.3 is 39.8 Å². The van der Waals surface area contributed by atoms with Gasteiger partial charge >= 0.3 is 26.4 Å². The summed E-state index contributed by atoms with van der Waals surface area (Å²) < 4.78 is 61.0. The topological polar surface area (TPSA) is 83.1 Å². The van der Waals surface area contributed by atoms with E-state index in [9.17, 15) is 0 Å². The molecule has 0 heterocycles. The second kappa shape index (κ2) is 33.9. The summed E-state index contributed by atoms with van der Waals surface area (Å²) in [5.74, 6) is 0. The molecule has 378 valence electrons. The maximum Gasteiger partial charge on any atom is 0.508 e. The van der Waals surface area contributed by atoms with Gasteiger partial charge in [-0.15, -0.1) is 0 Å². The number of benzene rings is 1. The van der Waals surface area contributed by atoms with Crippen molar-refractivity contribution in [3.05, 3.63) is 34.9 Å². The fourth-order valence-corrected chi connectivity index (χ4v) is 21.6. The van der Waals surface area contributed by atoms with E-state index in [4.69, 9.17) is 141 Å². The number of rotatable bonds is 38. The summed E-state index contributed by atoms with van der Waals surface area (Å²) >= 11 is 41.3. The Balaban J connectivity index is 4.78. The Labute approximate surface area is 438 Å². The van der Waals surface area contributed by atoms with Crippen molar-refractivity contribution < 1.29 is 39.8 Å². The molecule has 20 heteroatoms. The smallest absolute Gasteiger partial charge is 0.373 e. The van der Waals surface area contributed by atoms with Crippen LogP contribution >= 0.6 is 101 Å². The van der Waals surface area contributed by atoms with Crippen molar-refractivity contribution in [1.82, 2.24) is 0 Å². The quantitative estimate of drug-likeness (QED) is 0.0244. The molecule has 11 atom stereocenters. The third kappa shape index (κ3) is 18.1. The van der Waals surface area contributed by atoms with Gasteiger partial charge in [0.15, 0.2) is 0 Å². The number of thiol groups is 8. The van der Waals surface area contributed by atoms with Crippen LogP contribution in [0.15, 0.2) is 18.2 Å². The molecule has 64 heavy (non-hydrogen) atoms. The molecule has 0 amide bonds. The number of hydrogen-bond acceptors (Lipinski definition) is 17. The van der Waals surface area contributed by atoms with Crippen LogP contribution in [-0.2, 0) is 39.8 Å². The lowest BCUT2D eigenvalue weighted by atomic mass is 9.92. The van der Waals surface area contributed by atoms with Crippen molar-refractivity contribution in [3.63, 3.8) is 0 Å². The van der Waals surface area contributed by atoms with Crippen molar-refractivity contribution in [2.75, 3.05) is 59.5 Å². The van der Waals surface area contributed by atoms with E-state index in [1.165, 1.54) is 0 Å². The standard InChI is InChI=1S/C44H88O9S8Si3/c1-13-24-35(54)41(58)43(60)37(56)29-39(63(48-18-6,49-19-7)50-20-8)33-27-26-32(31(12)62(45-15-3,46-16-4)47-17-5)28-34(33)40(64(51-21-9,52-22-10)53-23-11)30-38(57)44(61)42(59)36(55)25-14-2/h26-28,31,35-44,54-61H,13-25,29-30H2,1-12H3. The summed E-state index contributed by atoms with van der Waals surface area (Å²) in [5, 5.41) is -1.24. The summed E-state index contributed by atoms with van der Waals surface area (Å²) in [6, 6.07) is 6.63. The molecule has 0 saturated heterocycles. The van der Waals surface area contributed by atoms with Crippen LogP contribution in [-0.4, -0.2) is 128 Å². The van der Waals surface area contributed by atoms with Gasteiger partial charge in [-0.25, -0.2) is 0 Å². The number of hydrogen-bond donors (Lipinski definition) is 8. The second-order valence-corrected chi connectivity index (χ2v) is 29.2. The molecule has 0 N–H and O–H groups in total. The van der Waals surface area contributed by atoms with E-state index < -0.39 is 37.5 Å². The molecule has 1 rings (SSSR count). The van der Waals surface area contributed by atoms with Crippen molar-refractivity contribution in [2.24, 2.45) is 0 Å². The Morgan fingerprint density at radius 3 is 0.969 bits per heavy atom. The van der Waals surface area contributed by atoms with Gasteiger partial charge in [0.1, 0.15) is 0 Å².